The van der Waals surface area contributed by atoms with Gasteiger partial charge in [-0.15, -0.1) is 0 Å². The topological polar surface area (TPSA) is 30.0 Å². The third kappa shape index (κ3) is 3.02. The van der Waals surface area contributed by atoms with E-state index in [2.05, 4.69) is 6.92 Å². The van der Waals surface area contributed by atoms with Gasteiger partial charge in [-0.2, -0.15) is 0 Å². The van der Waals surface area contributed by atoms with Gasteiger partial charge in [0.25, 0.3) is 0 Å². The summed E-state index contributed by atoms with van der Waals surface area (Å²) in [5.74, 6) is -0.00109. The van der Waals surface area contributed by atoms with Gasteiger partial charge in [-0.25, -0.2) is 4.98 Å². The van der Waals surface area contributed by atoms with Crippen molar-refractivity contribution >= 4 is 16.7 Å². The fraction of sp³-hybridized carbons (Fsp3) is 0.0833. The number of rotatable bonds is 3. The molecule has 0 fully saturated rings. The van der Waals surface area contributed by atoms with Crippen molar-refractivity contribution in [2.24, 2.45) is 0 Å². The normalized spacial score (nSPS) is 10.8. The molecule has 0 amide bonds. The van der Waals surface area contributed by atoms with Gasteiger partial charge in [0, 0.05) is 22.1 Å². The third-order valence-corrected chi connectivity index (χ3v) is 4.61. The van der Waals surface area contributed by atoms with Gasteiger partial charge in [0.2, 0.25) is 0 Å². The Labute approximate surface area is 153 Å². The molecule has 0 unspecified atom stereocenters. The van der Waals surface area contributed by atoms with Crippen molar-refractivity contribution < 1.29 is 4.79 Å². The van der Waals surface area contributed by atoms with Crippen LogP contribution in [0.15, 0.2) is 78.9 Å². The summed E-state index contributed by atoms with van der Waals surface area (Å²) in [6, 6.07) is 25.7. The summed E-state index contributed by atoms with van der Waals surface area (Å²) in [6.07, 6.45) is 0. The van der Waals surface area contributed by atoms with E-state index >= 15 is 0 Å². The second-order valence-electron chi connectivity index (χ2n) is 6.64. The number of hydrogen-bond donors (Lipinski definition) is 0. The van der Waals surface area contributed by atoms with Gasteiger partial charge in [0.05, 0.1) is 11.2 Å². The summed E-state index contributed by atoms with van der Waals surface area (Å²) in [5, 5.41) is 0.971. The monoisotopic (exact) mass is 337 g/mol. The second kappa shape index (κ2) is 6.57. The molecule has 0 N–H and O–H groups in total. The maximum atomic E-state index is 13.2. The SMILES string of the molecule is Cc1ccc(C(=O)c2cc3ccccc3nc2-c2ccc(C)cc2)cc1. The van der Waals surface area contributed by atoms with Crippen LogP contribution in [-0.2, 0) is 0 Å². The number of aromatic nitrogens is 1. The number of hydrogen-bond acceptors (Lipinski definition) is 2. The van der Waals surface area contributed by atoms with Crippen molar-refractivity contribution in [1.82, 2.24) is 4.98 Å². The van der Waals surface area contributed by atoms with E-state index < -0.39 is 0 Å². The quantitative estimate of drug-likeness (QED) is 0.446. The van der Waals surface area contributed by atoms with Crippen LogP contribution in [0, 0.1) is 13.8 Å². The van der Waals surface area contributed by atoms with Crippen LogP contribution in [0.2, 0.25) is 0 Å². The zero-order valence-corrected chi connectivity index (χ0v) is 14.9. The second-order valence-corrected chi connectivity index (χ2v) is 6.64. The maximum absolute atomic E-state index is 13.2. The molecule has 126 valence electrons. The number of benzene rings is 3. The summed E-state index contributed by atoms with van der Waals surface area (Å²) in [5.41, 5.74) is 6.21. The zero-order valence-electron chi connectivity index (χ0n) is 14.9. The first-order valence-electron chi connectivity index (χ1n) is 8.70. The molecule has 4 rings (SSSR count). The Morgan fingerprint density at radius 3 is 2.08 bits per heavy atom. The van der Waals surface area contributed by atoms with Crippen LogP contribution in [0.4, 0.5) is 0 Å². The number of aryl methyl sites for hydroxylation is 2. The Kier molecular flexibility index (Phi) is 4.10. The number of para-hydroxylation sites is 1. The van der Waals surface area contributed by atoms with Crippen LogP contribution in [0.3, 0.4) is 0 Å². The molecular weight excluding hydrogens is 318 g/mol. The van der Waals surface area contributed by atoms with Crippen LogP contribution in [0.1, 0.15) is 27.0 Å². The van der Waals surface area contributed by atoms with Gasteiger partial charge in [-0.05, 0) is 26.0 Å². The standard InChI is InChI=1S/C24H19NO/c1-16-7-11-18(12-8-16)23-21(15-20-5-3-4-6-22(20)25-23)24(26)19-13-9-17(2)10-14-19/h3-15H,1-2H3. The first-order chi connectivity index (χ1) is 12.6. The largest absolute Gasteiger partial charge is 0.289 e. The van der Waals surface area contributed by atoms with Gasteiger partial charge >= 0.3 is 0 Å². The Bertz CT molecular complexity index is 1090. The van der Waals surface area contributed by atoms with Crippen molar-refractivity contribution in [3.05, 3.63) is 101 Å². The Balaban J connectivity index is 1.93. The lowest BCUT2D eigenvalue weighted by Crippen LogP contribution is -2.05. The summed E-state index contributed by atoms with van der Waals surface area (Å²) >= 11 is 0. The van der Waals surface area contributed by atoms with Gasteiger partial charge in [-0.3, -0.25) is 4.79 Å². The highest BCUT2D eigenvalue weighted by molar-refractivity contribution is 6.13. The molecular formula is C24H19NO. The van der Waals surface area contributed by atoms with Crippen LogP contribution in [0.25, 0.3) is 22.2 Å². The molecule has 0 atom stereocenters. The number of ketones is 1. The Morgan fingerprint density at radius 1 is 0.769 bits per heavy atom. The van der Waals surface area contributed by atoms with Crippen molar-refractivity contribution in [3.63, 3.8) is 0 Å². The van der Waals surface area contributed by atoms with Crippen molar-refractivity contribution in [2.75, 3.05) is 0 Å². The summed E-state index contributed by atoms with van der Waals surface area (Å²) in [6.45, 7) is 4.07. The Morgan fingerprint density at radius 2 is 1.38 bits per heavy atom. The molecule has 0 saturated heterocycles. The minimum absolute atomic E-state index is 0.00109. The maximum Gasteiger partial charge on any atom is 0.195 e. The molecule has 2 nitrogen and oxygen atoms in total. The lowest BCUT2D eigenvalue weighted by atomic mass is 9.95. The van der Waals surface area contributed by atoms with E-state index in [0.717, 1.165) is 27.7 Å². The highest BCUT2D eigenvalue weighted by Crippen LogP contribution is 2.28. The zero-order chi connectivity index (χ0) is 18.1. The predicted molar refractivity (Wildman–Crippen MR) is 107 cm³/mol. The molecule has 1 aromatic heterocycles. The fourth-order valence-electron chi connectivity index (χ4n) is 3.08. The number of pyridine rings is 1. The number of nitrogens with zero attached hydrogens (tertiary/aromatic N) is 1. The average Bonchev–Trinajstić information content (AvgIpc) is 2.68. The minimum atomic E-state index is -0.00109. The van der Waals surface area contributed by atoms with Crippen LogP contribution in [0.5, 0.6) is 0 Å². The molecule has 1 heterocycles. The van der Waals surface area contributed by atoms with Gasteiger partial charge in [-0.1, -0.05) is 77.9 Å². The van der Waals surface area contributed by atoms with Gasteiger partial charge in [0.1, 0.15) is 0 Å². The van der Waals surface area contributed by atoms with E-state index in [1.807, 2.05) is 85.8 Å². The first-order valence-corrected chi connectivity index (χ1v) is 8.70. The van der Waals surface area contributed by atoms with E-state index in [-0.39, 0.29) is 5.78 Å². The number of carbonyl (C=O) groups excluding carboxylic acids is 1. The molecule has 0 aliphatic carbocycles. The lowest BCUT2D eigenvalue weighted by Gasteiger charge is -2.11. The van der Waals surface area contributed by atoms with Crippen molar-refractivity contribution in [3.8, 4) is 11.3 Å². The highest BCUT2D eigenvalue weighted by Gasteiger charge is 2.17. The average molecular weight is 337 g/mol. The smallest absolute Gasteiger partial charge is 0.195 e. The van der Waals surface area contributed by atoms with E-state index in [1.165, 1.54) is 5.56 Å². The minimum Gasteiger partial charge on any atom is -0.289 e. The predicted octanol–water partition coefficient (Wildman–Crippen LogP) is 5.75. The molecule has 0 aliphatic heterocycles. The summed E-state index contributed by atoms with van der Waals surface area (Å²) in [7, 11) is 0. The molecule has 0 bridgehead atoms. The number of fused-ring (bicyclic) bond motifs is 1. The molecule has 4 aromatic rings. The lowest BCUT2D eigenvalue weighted by molar-refractivity contribution is 0.103. The summed E-state index contributed by atoms with van der Waals surface area (Å²) < 4.78 is 0. The first kappa shape index (κ1) is 16.2. The third-order valence-electron chi connectivity index (χ3n) is 4.61. The molecule has 0 radical (unpaired) electrons. The van der Waals surface area contributed by atoms with Crippen molar-refractivity contribution in [2.45, 2.75) is 13.8 Å². The van der Waals surface area contributed by atoms with E-state index in [9.17, 15) is 4.79 Å². The number of carbonyl (C=O) groups is 1. The van der Waals surface area contributed by atoms with Crippen molar-refractivity contribution in [1.29, 1.82) is 0 Å². The molecule has 0 aliphatic rings. The van der Waals surface area contributed by atoms with Crippen LogP contribution < -0.4 is 0 Å². The summed E-state index contributed by atoms with van der Waals surface area (Å²) in [4.78, 5) is 18.0. The van der Waals surface area contributed by atoms with Crippen LogP contribution >= 0.6 is 0 Å². The van der Waals surface area contributed by atoms with Crippen LogP contribution in [-0.4, -0.2) is 10.8 Å². The van der Waals surface area contributed by atoms with Gasteiger partial charge in [0.15, 0.2) is 5.78 Å². The van der Waals surface area contributed by atoms with E-state index in [0.29, 0.717) is 11.1 Å². The van der Waals surface area contributed by atoms with E-state index in [4.69, 9.17) is 4.98 Å². The molecule has 26 heavy (non-hydrogen) atoms. The molecule has 0 spiro atoms. The molecule has 0 saturated carbocycles. The Hall–Kier alpha value is -3.26. The molecule has 3 aromatic carbocycles. The fourth-order valence-corrected chi connectivity index (χ4v) is 3.08. The van der Waals surface area contributed by atoms with Gasteiger partial charge < -0.3 is 0 Å². The van der Waals surface area contributed by atoms with E-state index in [1.54, 1.807) is 0 Å². The highest BCUT2D eigenvalue weighted by atomic mass is 16.1. The molecule has 2 heteroatoms.